The van der Waals surface area contributed by atoms with Crippen LogP contribution < -0.4 is 30.6 Å². The number of aromatic nitrogens is 20. The molecule has 12 aromatic heterocycles. The number of aryl methyl sites for hydroxylation is 5. The second kappa shape index (κ2) is 61.7. The van der Waals surface area contributed by atoms with Gasteiger partial charge in [0.25, 0.3) is 0 Å². The summed E-state index contributed by atoms with van der Waals surface area (Å²) in [7, 11) is 21.6. The van der Waals surface area contributed by atoms with Crippen molar-refractivity contribution in [2.24, 2.45) is 0 Å². The van der Waals surface area contributed by atoms with E-state index in [4.69, 9.17) is 0 Å². The SMILES string of the molecule is CPP.CPP.CPP.CPP.CPP.CPP.Cc1cc(-c2ccccn2)[n-]n1.Cc1cc(-c2ccccn2)[n-]n1.Cc1cc(-c2ccccn2)[n-]n1.Cc1cc(-c2ccccn2)[n-]n1.Cc1n[n-]c(-c2ccccn2)n1.FC(F)(F)c1n[n-]c(-c2ccccn2)n1.[Os+2].[Os+2].[Os+2]. The van der Waals surface area contributed by atoms with Gasteiger partial charge in [0.15, 0.2) is 0 Å². The predicted molar refractivity (Wildman–Crippen MR) is 413 cm³/mol. The van der Waals surface area contributed by atoms with Crippen molar-refractivity contribution in [3.05, 3.63) is 205 Å². The number of pyridine rings is 6. The Morgan fingerprint density at radius 3 is 0.698 bits per heavy atom. The van der Waals surface area contributed by atoms with Gasteiger partial charge in [-0.2, -0.15) is 13.2 Å². The number of nitrogens with zero attached hydrogens (tertiary/aromatic N) is 20. The zero-order chi connectivity index (χ0) is 69.1. The molecule has 0 aliphatic rings. The third kappa shape index (κ3) is 44.2. The van der Waals surface area contributed by atoms with Gasteiger partial charge in [0.2, 0.25) is 0 Å². The minimum atomic E-state index is -4.57. The summed E-state index contributed by atoms with van der Waals surface area (Å²) in [4.78, 5) is 31.9. The number of rotatable bonds is 6. The average molecular weight is 2060 g/mol. The van der Waals surface area contributed by atoms with Gasteiger partial charge in [0, 0.05) is 88.6 Å². The second-order valence-corrected chi connectivity index (χ2v) is 31.0. The molecular weight excluding hydrogens is 1980 g/mol. The van der Waals surface area contributed by atoms with Crippen molar-refractivity contribution in [2.75, 3.05) is 40.0 Å². The van der Waals surface area contributed by atoms with E-state index in [0.717, 1.165) is 124 Å². The molecule has 0 spiro atoms. The van der Waals surface area contributed by atoms with Gasteiger partial charge in [-0.1, -0.05) is 83.4 Å². The molecule has 0 amide bonds. The van der Waals surface area contributed by atoms with E-state index in [1.165, 1.54) is 12.3 Å². The maximum Gasteiger partial charge on any atom is 2.00 e. The van der Waals surface area contributed by atoms with Crippen LogP contribution in [0.5, 0.6) is 0 Å². The Kier molecular flexibility index (Phi) is 62.4. The quantitative estimate of drug-likeness (QED) is 0.140. The van der Waals surface area contributed by atoms with Crippen molar-refractivity contribution in [1.82, 2.24) is 101 Å². The van der Waals surface area contributed by atoms with Crippen LogP contribution >= 0.6 is 103 Å². The summed E-state index contributed by atoms with van der Waals surface area (Å²) < 4.78 is 36.4. The predicted octanol–water partition coefficient (Wildman–Crippen LogP) is 14.5. The van der Waals surface area contributed by atoms with Crippen LogP contribution in [0, 0.1) is 34.6 Å². The van der Waals surface area contributed by atoms with Crippen LogP contribution in [0.15, 0.2) is 171 Å². The molecule has 20 nitrogen and oxygen atoms in total. The molecule has 96 heavy (non-hydrogen) atoms. The molecule has 0 N–H and O–H groups in total. The third-order valence-corrected chi connectivity index (χ3v) is 9.40. The maximum atomic E-state index is 12.1. The Labute approximate surface area is 626 Å². The van der Waals surface area contributed by atoms with Crippen molar-refractivity contribution in [3.63, 3.8) is 0 Å². The Morgan fingerprint density at radius 2 is 0.531 bits per heavy atom. The normalized spacial score (nSPS) is 10.0. The summed E-state index contributed by atoms with van der Waals surface area (Å²) >= 11 is 0. The zero-order valence-electron chi connectivity index (χ0n) is 54.3. The van der Waals surface area contributed by atoms with E-state index >= 15 is 0 Å². The first-order valence-electron chi connectivity index (χ1n) is 27.3. The van der Waals surface area contributed by atoms with E-state index in [-0.39, 0.29) is 70.9 Å². The van der Waals surface area contributed by atoms with Crippen molar-refractivity contribution in [1.29, 1.82) is 0 Å². The van der Waals surface area contributed by atoms with Gasteiger partial charge in [-0.05, 0) is 159 Å². The van der Waals surface area contributed by atoms with Crippen LogP contribution in [0.3, 0.4) is 0 Å². The molecule has 0 fully saturated rings. The Hall–Kier alpha value is -3.12. The molecule has 0 bridgehead atoms. The number of hydrogen-bond acceptors (Lipinski definition) is 14. The van der Waals surface area contributed by atoms with Gasteiger partial charge >= 0.3 is 65.5 Å². The molecule has 12 heterocycles. The molecule has 516 valence electrons. The molecule has 0 aromatic carbocycles. The molecular formula is C58H79F3N20Os3P12. The molecule has 12 rings (SSSR count). The van der Waals surface area contributed by atoms with Gasteiger partial charge in [0.05, 0.1) is 11.4 Å². The second-order valence-electron chi connectivity index (χ2n) is 17.1. The summed E-state index contributed by atoms with van der Waals surface area (Å²) in [5, 5.41) is 45.4. The van der Waals surface area contributed by atoms with Gasteiger partial charge < -0.3 is 61.0 Å². The molecule has 0 aliphatic carbocycles. The van der Waals surface area contributed by atoms with Crippen LogP contribution in [-0.2, 0) is 65.5 Å². The topological polar surface area (TPSA) is 265 Å². The smallest absolute Gasteiger partial charge is 0.574 e. The molecule has 12 aromatic rings. The van der Waals surface area contributed by atoms with E-state index in [9.17, 15) is 13.2 Å². The number of hydrogen-bond donors (Lipinski definition) is 0. The largest absolute Gasteiger partial charge is 2.00 e. The molecule has 0 aliphatic heterocycles. The van der Waals surface area contributed by atoms with E-state index in [0.29, 0.717) is 11.6 Å². The third-order valence-electron chi connectivity index (χ3n) is 9.40. The zero-order valence-corrected chi connectivity index (χ0v) is 74.8. The monoisotopic (exact) mass is 2060 g/mol. The Bertz CT molecular complexity index is 3210. The van der Waals surface area contributed by atoms with Crippen LogP contribution in [-0.4, -0.2) is 110 Å². The summed E-state index contributed by atoms with van der Waals surface area (Å²) in [6, 6.07) is 41.0. The van der Waals surface area contributed by atoms with Gasteiger partial charge in [-0.25, -0.2) is 0 Å². The van der Waals surface area contributed by atoms with Gasteiger partial charge in [-0.3, -0.25) is 40.1 Å². The molecule has 38 heteroatoms. The van der Waals surface area contributed by atoms with E-state index in [1.807, 2.05) is 143 Å². The van der Waals surface area contributed by atoms with E-state index in [2.05, 4.69) is 195 Å². The average Bonchev–Trinajstić information content (AvgIpc) is 1.80. The van der Waals surface area contributed by atoms with Crippen molar-refractivity contribution >= 4 is 103 Å². The van der Waals surface area contributed by atoms with Crippen molar-refractivity contribution < 1.29 is 72.5 Å². The molecule has 12 unspecified atom stereocenters. The minimum Gasteiger partial charge on any atom is -0.574 e. The minimum absolute atomic E-state index is 0. The molecule has 0 saturated carbocycles. The molecule has 0 saturated heterocycles. The summed E-state index contributed by atoms with van der Waals surface area (Å²) in [6.45, 7) is 22.2. The molecule has 0 radical (unpaired) electrons. The number of alkyl halides is 3. The van der Waals surface area contributed by atoms with E-state index < -0.39 is 12.0 Å². The first-order chi connectivity index (χ1) is 44.9. The van der Waals surface area contributed by atoms with Crippen LogP contribution in [0.2, 0.25) is 0 Å². The van der Waals surface area contributed by atoms with Crippen LogP contribution in [0.4, 0.5) is 13.2 Å². The number of halogens is 3. The van der Waals surface area contributed by atoms with Gasteiger partial charge in [0.1, 0.15) is 5.82 Å². The maximum absolute atomic E-state index is 12.1. The summed E-state index contributed by atoms with van der Waals surface area (Å²) in [6.07, 6.45) is 5.58. The van der Waals surface area contributed by atoms with Crippen molar-refractivity contribution in [3.8, 4) is 68.6 Å². The molecule has 12 atom stereocenters. The van der Waals surface area contributed by atoms with Crippen LogP contribution in [0.1, 0.15) is 34.4 Å². The fraction of sp³-hybridized carbons (Fsp3) is 0.207. The standard InChI is InChI=1S/4C9H8N3.C8H4F3N4.C8H7N4.6CH6P2.3Os/c4*1-7-6-9(12-11-7)8-4-2-3-5-10-8;9-8(10,11)7-13-6(14-15-7)5-3-1-2-4-12-5;1-6-10-8(12-11-6)7-4-2-3-5-9-7;6*1-3-2;;;/h4*2-6H,1H3;1-4H;2-5H,1H3;6*3H,2H2,1H3;;;/q6*-1;;;;;;;3*+2. The summed E-state index contributed by atoms with van der Waals surface area (Å²) in [5.74, 6) is -0.102. The Morgan fingerprint density at radius 1 is 0.312 bits per heavy atom. The van der Waals surface area contributed by atoms with Crippen molar-refractivity contribution in [2.45, 2.75) is 40.8 Å². The van der Waals surface area contributed by atoms with Gasteiger partial charge in [-0.15, -0.1) is 103 Å². The fourth-order valence-corrected chi connectivity index (χ4v) is 6.00. The van der Waals surface area contributed by atoms with E-state index in [1.54, 1.807) is 50.0 Å². The fourth-order valence-electron chi connectivity index (χ4n) is 6.00. The van der Waals surface area contributed by atoms with Crippen LogP contribution in [0.25, 0.3) is 68.6 Å². The first kappa shape index (κ1) is 97.1. The summed E-state index contributed by atoms with van der Waals surface area (Å²) in [5.41, 5.74) is 11.6. The Balaban J connectivity index is -0.00000102. The first-order valence-corrected chi connectivity index (χ1v) is 47.1.